The Kier molecular flexibility index (Phi) is 7.55. The minimum absolute atomic E-state index is 0.0487. The van der Waals surface area contributed by atoms with E-state index in [2.05, 4.69) is 30.9 Å². The largest absolute Gasteiger partial charge is 0.508 e. The number of piperidine rings is 1. The minimum atomic E-state index is -1.18. The van der Waals surface area contributed by atoms with Crippen molar-refractivity contribution in [2.24, 2.45) is 23.7 Å². The van der Waals surface area contributed by atoms with E-state index in [1.807, 2.05) is 18.2 Å². The van der Waals surface area contributed by atoms with Crippen LogP contribution in [0.4, 0.5) is 0 Å². The molecule has 210 valence electrons. The van der Waals surface area contributed by atoms with Crippen molar-refractivity contribution in [2.45, 2.75) is 58.2 Å². The lowest BCUT2D eigenvalue weighted by Gasteiger charge is -2.43. The number of hydrogen-bond acceptors (Lipinski definition) is 6. The molecule has 3 fully saturated rings. The zero-order valence-electron chi connectivity index (χ0n) is 23.0. The van der Waals surface area contributed by atoms with Crippen molar-refractivity contribution < 1.29 is 24.4 Å². The maximum atomic E-state index is 14.1. The Morgan fingerprint density at radius 2 is 1.77 bits per heavy atom. The molecule has 0 saturated carbocycles. The lowest BCUT2D eigenvalue weighted by molar-refractivity contribution is -0.144. The van der Waals surface area contributed by atoms with E-state index < -0.39 is 25.1 Å². The van der Waals surface area contributed by atoms with E-state index in [0.717, 1.165) is 43.5 Å². The first-order chi connectivity index (χ1) is 19.2. The summed E-state index contributed by atoms with van der Waals surface area (Å²) in [5, 5.41) is 21.4. The molecule has 0 bridgehead atoms. The van der Waals surface area contributed by atoms with Gasteiger partial charge < -0.3 is 14.8 Å². The molecule has 40 heavy (non-hydrogen) atoms. The van der Waals surface area contributed by atoms with E-state index in [0.29, 0.717) is 23.4 Å². The number of phenols is 1. The number of halogens is 1. The van der Waals surface area contributed by atoms with Gasteiger partial charge in [0, 0.05) is 30.7 Å². The van der Waals surface area contributed by atoms with Crippen LogP contribution in [0.3, 0.4) is 0 Å². The number of rotatable bonds is 5. The molecule has 9 heteroatoms. The number of likely N-dealkylation sites (tertiary alicyclic amines) is 2. The quantitative estimate of drug-likeness (QED) is 0.403. The van der Waals surface area contributed by atoms with Crippen LogP contribution in [-0.2, 0) is 20.8 Å². The highest BCUT2D eigenvalue weighted by Gasteiger charge is 2.59. The lowest BCUT2D eigenvalue weighted by atomic mass is 9.54. The third-order valence-electron chi connectivity index (χ3n) is 9.38. The molecule has 3 saturated heterocycles. The summed E-state index contributed by atoms with van der Waals surface area (Å²) in [7, 11) is -1.18. The van der Waals surface area contributed by atoms with Crippen LogP contribution < -0.4 is 0 Å². The number of nitrogens with zero attached hydrogens (tertiary/aromatic N) is 2. The van der Waals surface area contributed by atoms with Gasteiger partial charge in [-0.25, -0.2) is 0 Å². The molecule has 0 aromatic heterocycles. The van der Waals surface area contributed by atoms with Crippen LogP contribution in [-0.4, -0.2) is 58.0 Å². The van der Waals surface area contributed by atoms with Crippen LogP contribution >= 0.6 is 11.6 Å². The van der Waals surface area contributed by atoms with Gasteiger partial charge in [-0.05, 0) is 66.3 Å². The highest BCUT2D eigenvalue weighted by atomic mass is 35.5. The van der Waals surface area contributed by atoms with Gasteiger partial charge in [0.05, 0.1) is 17.9 Å². The van der Waals surface area contributed by atoms with Gasteiger partial charge in [-0.15, -0.1) is 0 Å². The van der Waals surface area contributed by atoms with Crippen molar-refractivity contribution in [2.75, 3.05) is 13.1 Å². The van der Waals surface area contributed by atoms with E-state index in [9.17, 15) is 19.7 Å². The van der Waals surface area contributed by atoms with Gasteiger partial charge in [0.1, 0.15) is 5.75 Å². The number of carbonyl (C=O) groups is 2. The molecule has 0 unspecified atom stereocenters. The molecular weight excluding hydrogens is 527 g/mol. The van der Waals surface area contributed by atoms with Crippen molar-refractivity contribution >= 4 is 30.5 Å². The number of amides is 2. The van der Waals surface area contributed by atoms with Crippen LogP contribution in [0.25, 0.3) is 0 Å². The summed E-state index contributed by atoms with van der Waals surface area (Å²) in [5.74, 6) is -1.24. The monoisotopic (exact) mass is 562 g/mol. The molecule has 0 radical (unpaired) electrons. The Hall–Kier alpha value is -2.65. The highest BCUT2D eigenvalue weighted by Crippen LogP contribution is 2.53. The summed E-state index contributed by atoms with van der Waals surface area (Å²) in [5.41, 5.74) is 3.71. The molecule has 1 aliphatic carbocycles. The first-order valence-corrected chi connectivity index (χ1v) is 14.8. The predicted octanol–water partition coefficient (Wildman–Crippen LogP) is 4.77. The molecule has 0 spiro atoms. The third kappa shape index (κ3) is 4.89. The number of carbonyl (C=O) groups excluding carboxylic acids is 2. The third-order valence-corrected chi connectivity index (χ3v) is 9.71. The Morgan fingerprint density at radius 1 is 1.05 bits per heavy atom. The van der Waals surface area contributed by atoms with Crippen molar-refractivity contribution in [1.82, 2.24) is 9.80 Å². The average molecular weight is 563 g/mol. The maximum Gasteiger partial charge on any atom is 0.487 e. The summed E-state index contributed by atoms with van der Waals surface area (Å²) in [6.07, 6.45) is 1.90. The van der Waals surface area contributed by atoms with E-state index in [4.69, 9.17) is 16.3 Å². The Balaban J connectivity index is 1.24. The van der Waals surface area contributed by atoms with Gasteiger partial charge in [-0.1, -0.05) is 67.4 Å². The van der Waals surface area contributed by atoms with Gasteiger partial charge in [-0.2, -0.15) is 0 Å². The van der Waals surface area contributed by atoms with E-state index in [1.54, 1.807) is 17.0 Å². The molecule has 4 aliphatic rings. The Morgan fingerprint density at radius 3 is 2.45 bits per heavy atom. The predicted molar refractivity (Wildman–Crippen MR) is 153 cm³/mol. The fourth-order valence-electron chi connectivity index (χ4n) is 7.44. The molecule has 2 aromatic rings. The molecule has 2 N–H and O–H groups in total. The number of phenolic OH excluding ortho intramolecular Hbond substituents is 1. The standard InChI is InChI=1S/C31H36BClN2O5/c1-18(2)23-15-25-28(24-16-27(40-32(39)29(23)24)22-9-8-21(36)14-26(22)33)31(38)35(30(25)37)20-10-12-34(13-11-20)17-19-6-4-3-5-7-19/h3-9,14,18,20,24-25,27-28,36,39H,10-13,15-17H2,1-2H3/t24-,25-,27-,28+/m0/s1. The number of fused-ring (bicyclic) bond motifs is 3. The highest BCUT2D eigenvalue weighted by molar-refractivity contribution is 6.53. The Labute approximate surface area is 240 Å². The van der Waals surface area contributed by atoms with Crippen molar-refractivity contribution in [3.8, 4) is 5.75 Å². The lowest BCUT2D eigenvalue weighted by Crippen LogP contribution is -2.48. The second-order valence-corrected chi connectivity index (χ2v) is 12.4. The zero-order chi connectivity index (χ0) is 28.1. The number of imide groups is 1. The van der Waals surface area contributed by atoms with Gasteiger partial charge >= 0.3 is 7.12 Å². The van der Waals surface area contributed by atoms with Crippen molar-refractivity contribution in [1.29, 1.82) is 0 Å². The smallest absolute Gasteiger partial charge is 0.487 e. The van der Waals surface area contributed by atoms with Gasteiger partial charge in [0.25, 0.3) is 0 Å². The topological polar surface area (TPSA) is 90.3 Å². The van der Waals surface area contributed by atoms with Gasteiger partial charge in [-0.3, -0.25) is 19.4 Å². The summed E-state index contributed by atoms with van der Waals surface area (Å²) >= 11 is 6.45. The van der Waals surface area contributed by atoms with E-state index in [1.165, 1.54) is 11.6 Å². The summed E-state index contributed by atoms with van der Waals surface area (Å²) in [6, 6.07) is 15.0. The fraction of sp³-hybridized carbons (Fsp3) is 0.484. The molecular formula is C31H36BClN2O5. The normalized spacial score (nSPS) is 27.9. The summed E-state index contributed by atoms with van der Waals surface area (Å²) in [6.45, 7) is 6.68. The van der Waals surface area contributed by atoms with Crippen LogP contribution in [0, 0.1) is 23.7 Å². The van der Waals surface area contributed by atoms with E-state index in [-0.39, 0.29) is 35.4 Å². The SMILES string of the molecule is CC(C)C1=C2B(O)O[C@H](c3ccc(O)cc3Cl)C[C@H]2[C@H]2C(=O)N(C3CCN(Cc4ccccc4)CC3)C(=O)[C@H]2C1. The van der Waals surface area contributed by atoms with Crippen molar-refractivity contribution in [3.05, 3.63) is 75.7 Å². The number of benzene rings is 2. The first-order valence-electron chi connectivity index (χ1n) is 14.4. The molecule has 6 rings (SSSR count). The molecule has 2 aromatic carbocycles. The van der Waals surface area contributed by atoms with Crippen molar-refractivity contribution in [3.63, 3.8) is 0 Å². The first kappa shape index (κ1) is 27.5. The van der Waals surface area contributed by atoms with Gasteiger partial charge in [0.2, 0.25) is 11.8 Å². The summed E-state index contributed by atoms with van der Waals surface area (Å²) in [4.78, 5) is 32.0. The number of allylic oxidation sites excluding steroid dienone is 2. The summed E-state index contributed by atoms with van der Waals surface area (Å²) < 4.78 is 6.07. The second-order valence-electron chi connectivity index (χ2n) is 12.0. The van der Waals surface area contributed by atoms with Crippen LogP contribution in [0.5, 0.6) is 5.75 Å². The Bertz CT molecular complexity index is 1330. The van der Waals surface area contributed by atoms with Crippen LogP contribution in [0.1, 0.15) is 56.8 Å². The van der Waals surface area contributed by atoms with Gasteiger partial charge in [0.15, 0.2) is 0 Å². The average Bonchev–Trinajstić information content (AvgIpc) is 3.18. The second kappa shape index (κ2) is 11.0. The fourth-order valence-corrected chi connectivity index (χ4v) is 7.74. The molecule has 7 nitrogen and oxygen atoms in total. The van der Waals surface area contributed by atoms with Crippen LogP contribution in [0.2, 0.25) is 5.02 Å². The zero-order valence-corrected chi connectivity index (χ0v) is 23.8. The van der Waals surface area contributed by atoms with Crippen LogP contribution in [0.15, 0.2) is 59.6 Å². The molecule has 4 atom stereocenters. The number of aromatic hydroxyl groups is 1. The van der Waals surface area contributed by atoms with E-state index >= 15 is 0 Å². The minimum Gasteiger partial charge on any atom is -0.508 e. The molecule has 3 heterocycles. The molecule has 2 amide bonds. The maximum absolute atomic E-state index is 14.1. The number of hydrogen-bond donors (Lipinski definition) is 2. The molecule has 3 aliphatic heterocycles.